The van der Waals surface area contributed by atoms with Crippen LogP contribution in [0, 0.1) is 0 Å². The van der Waals surface area contributed by atoms with E-state index in [4.69, 9.17) is 5.11 Å². The van der Waals surface area contributed by atoms with E-state index in [1.807, 2.05) is 0 Å². The van der Waals surface area contributed by atoms with Crippen molar-refractivity contribution in [1.82, 2.24) is 9.29 Å². The molecule has 2 atom stereocenters. The minimum atomic E-state index is -3.83. The van der Waals surface area contributed by atoms with E-state index >= 15 is 0 Å². The standard InChI is InChI=1S/C13H20N2O5S/c1-2-15-8-9(7-11(15)13(17)18)21(19,20)14-10-5-3-4-6-12(10)16/h7-8,10,12,14,16H,2-6H2,1H3,(H,17,18). The quantitative estimate of drug-likeness (QED) is 0.744. The molecule has 2 unspecified atom stereocenters. The summed E-state index contributed by atoms with van der Waals surface area (Å²) in [5.41, 5.74) is -0.0675. The fourth-order valence-corrected chi connectivity index (χ4v) is 3.93. The maximum atomic E-state index is 12.3. The van der Waals surface area contributed by atoms with Crippen molar-refractivity contribution in [3.05, 3.63) is 18.0 Å². The predicted molar refractivity (Wildman–Crippen MR) is 75.6 cm³/mol. The van der Waals surface area contributed by atoms with Gasteiger partial charge < -0.3 is 14.8 Å². The third-order valence-electron chi connectivity index (χ3n) is 3.78. The summed E-state index contributed by atoms with van der Waals surface area (Å²) in [6.45, 7) is 2.10. The van der Waals surface area contributed by atoms with Gasteiger partial charge >= 0.3 is 5.97 Å². The monoisotopic (exact) mass is 316 g/mol. The van der Waals surface area contributed by atoms with Crippen LogP contribution in [0.3, 0.4) is 0 Å². The fourth-order valence-electron chi connectivity index (χ4n) is 2.59. The van der Waals surface area contributed by atoms with Crippen LogP contribution < -0.4 is 4.72 Å². The largest absolute Gasteiger partial charge is 0.477 e. The number of carboxylic acid groups (broad SMARTS) is 1. The minimum absolute atomic E-state index is 0.0675. The van der Waals surface area contributed by atoms with Gasteiger partial charge in [-0.2, -0.15) is 0 Å². The number of carbonyl (C=O) groups is 1. The lowest BCUT2D eigenvalue weighted by Gasteiger charge is -2.27. The molecular formula is C13H20N2O5S. The van der Waals surface area contributed by atoms with Crippen LogP contribution in [0.1, 0.15) is 43.1 Å². The Hall–Kier alpha value is -1.38. The second-order valence-corrected chi connectivity index (χ2v) is 6.95. The van der Waals surface area contributed by atoms with Crippen molar-refractivity contribution < 1.29 is 23.4 Å². The first-order valence-corrected chi connectivity index (χ1v) is 8.47. The average Bonchev–Trinajstić information content (AvgIpc) is 2.86. The fraction of sp³-hybridized carbons (Fsp3) is 0.615. The maximum Gasteiger partial charge on any atom is 0.352 e. The summed E-state index contributed by atoms with van der Waals surface area (Å²) in [5, 5.41) is 18.9. The molecule has 1 saturated carbocycles. The summed E-state index contributed by atoms with van der Waals surface area (Å²) in [7, 11) is -3.83. The number of nitrogens with zero attached hydrogens (tertiary/aromatic N) is 1. The maximum absolute atomic E-state index is 12.3. The van der Waals surface area contributed by atoms with E-state index in [-0.39, 0.29) is 10.6 Å². The highest BCUT2D eigenvalue weighted by atomic mass is 32.2. The number of aryl methyl sites for hydroxylation is 1. The molecule has 1 aromatic rings. The van der Waals surface area contributed by atoms with Gasteiger partial charge in [0, 0.05) is 18.8 Å². The molecule has 21 heavy (non-hydrogen) atoms. The van der Waals surface area contributed by atoms with Crippen LogP contribution in [-0.2, 0) is 16.6 Å². The molecule has 7 nitrogen and oxygen atoms in total. The summed E-state index contributed by atoms with van der Waals surface area (Å²) < 4.78 is 28.5. The molecule has 3 N–H and O–H groups in total. The Morgan fingerprint density at radius 3 is 2.62 bits per heavy atom. The van der Waals surface area contributed by atoms with Gasteiger partial charge in [0.05, 0.1) is 6.10 Å². The lowest BCUT2D eigenvalue weighted by molar-refractivity contribution is 0.0685. The molecule has 2 rings (SSSR count). The number of rotatable bonds is 5. The van der Waals surface area contributed by atoms with Crippen molar-refractivity contribution in [2.24, 2.45) is 0 Å². The first-order chi connectivity index (χ1) is 9.85. The van der Waals surface area contributed by atoms with Crippen LogP contribution in [0.4, 0.5) is 0 Å². The van der Waals surface area contributed by atoms with E-state index in [2.05, 4.69) is 4.72 Å². The Bertz CT molecular complexity index is 623. The number of sulfonamides is 1. The first-order valence-electron chi connectivity index (χ1n) is 6.99. The van der Waals surface area contributed by atoms with E-state index in [0.29, 0.717) is 19.4 Å². The second-order valence-electron chi connectivity index (χ2n) is 5.23. The zero-order valence-electron chi connectivity index (χ0n) is 11.8. The van der Waals surface area contributed by atoms with Crippen LogP contribution in [-0.4, -0.2) is 41.3 Å². The minimum Gasteiger partial charge on any atom is -0.477 e. The third kappa shape index (κ3) is 3.45. The van der Waals surface area contributed by atoms with E-state index in [0.717, 1.165) is 18.9 Å². The molecule has 0 spiro atoms. The summed E-state index contributed by atoms with van der Waals surface area (Å²) in [6.07, 6.45) is 3.52. The van der Waals surface area contributed by atoms with Crippen LogP contribution >= 0.6 is 0 Å². The first kappa shape index (κ1) is 16.0. The molecule has 1 heterocycles. The zero-order chi connectivity index (χ0) is 15.6. The predicted octanol–water partition coefficient (Wildman–Crippen LogP) is 0.788. The van der Waals surface area contributed by atoms with Gasteiger partial charge in [-0.1, -0.05) is 12.8 Å². The smallest absolute Gasteiger partial charge is 0.352 e. The van der Waals surface area contributed by atoms with Gasteiger partial charge in [0.2, 0.25) is 10.0 Å². The highest BCUT2D eigenvalue weighted by molar-refractivity contribution is 7.89. The van der Waals surface area contributed by atoms with Crippen molar-refractivity contribution in [3.8, 4) is 0 Å². The number of aromatic carboxylic acids is 1. The molecule has 118 valence electrons. The molecule has 0 bridgehead atoms. The third-order valence-corrected chi connectivity index (χ3v) is 5.23. The number of aliphatic hydroxyl groups excluding tert-OH is 1. The number of aromatic nitrogens is 1. The molecule has 0 aromatic carbocycles. The summed E-state index contributed by atoms with van der Waals surface area (Å²) >= 11 is 0. The topological polar surface area (TPSA) is 109 Å². The van der Waals surface area contributed by atoms with E-state index in [1.54, 1.807) is 6.92 Å². The van der Waals surface area contributed by atoms with Crippen LogP contribution in [0.2, 0.25) is 0 Å². The summed E-state index contributed by atoms with van der Waals surface area (Å²) in [5.74, 6) is -1.17. The molecule has 1 aromatic heterocycles. The van der Waals surface area contributed by atoms with E-state index in [9.17, 15) is 18.3 Å². The van der Waals surface area contributed by atoms with Crippen LogP contribution in [0.5, 0.6) is 0 Å². The molecule has 1 fully saturated rings. The van der Waals surface area contributed by atoms with Crippen LogP contribution in [0.15, 0.2) is 17.2 Å². The number of aliphatic hydroxyl groups is 1. The van der Waals surface area contributed by atoms with Gasteiger partial charge in [-0.25, -0.2) is 17.9 Å². The number of nitrogens with one attached hydrogen (secondary N) is 1. The van der Waals surface area contributed by atoms with Gasteiger partial charge in [0.1, 0.15) is 10.6 Å². The molecule has 0 amide bonds. The summed E-state index contributed by atoms with van der Waals surface area (Å²) in [6, 6.07) is 0.630. The molecule has 8 heteroatoms. The van der Waals surface area contributed by atoms with E-state index in [1.165, 1.54) is 10.8 Å². The van der Waals surface area contributed by atoms with Crippen molar-refractivity contribution in [3.63, 3.8) is 0 Å². The van der Waals surface area contributed by atoms with Gasteiger partial charge in [-0.15, -0.1) is 0 Å². The molecule has 1 aliphatic rings. The Labute approximate surface area is 123 Å². The zero-order valence-corrected chi connectivity index (χ0v) is 12.6. The van der Waals surface area contributed by atoms with Crippen molar-refractivity contribution >= 4 is 16.0 Å². The second kappa shape index (κ2) is 6.17. The van der Waals surface area contributed by atoms with Crippen LogP contribution in [0.25, 0.3) is 0 Å². The SMILES string of the molecule is CCn1cc(S(=O)(=O)NC2CCCCC2O)cc1C(=O)O. The Morgan fingerprint density at radius 2 is 2.10 bits per heavy atom. The molecule has 0 saturated heterocycles. The van der Waals surface area contributed by atoms with Crippen molar-refractivity contribution in [1.29, 1.82) is 0 Å². The molecular weight excluding hydrogens is 296 g/mol. The van der Waals surface area contributed by atoms with Gasteiger partial charge in [0.15, 0.2) is 0 Å². The molecule has 0 aliphatic heterocycles. The molecule has 1 aliphatic carbocycles. The Kier molecular flexibility index (Phi) is 4.70. The lowest BCUT2D eigenvalue weighted by Crippen LogP contribution is -2.44. The number of hydrogen-bond donors (Lipinski definition) is 3. The number of hydrogen-bond acceptors (Lipinski definition) is 4. The normalized spacial score (nSPS) is 23.1. The summed E-state index contributed by atoms with van der Waals surface area (Å²) in [4.78, 5) is 11.0. The van der Waals surface area contributed by atoms with E-state index < -0.39 is 28.1 Å². The highest BCUT2D eigenvalue weighted by Crippen LogP contribution is 2.21. The van der Waals surface area contributed by atoms with Gasteiger partial charge in [-0.3, -0.25) is 0 Å². The Balaban J connectivity index is 2.25. The Morgan fingerprint density at radius 1 is 1.43 bits per heavy atom. The number of carboxylic acids is 1. The highest BCUT2D eigenvalue weighted by Gasteiger charge is 2.29. The lowest BCUT2D eigenvalue weighted by atomic mass is 9.93. The molecule has 0 radical (unpaired) electrons. The van der Waals surface area contributed by atoms with Gasteiger partial charge in [0.25, 0.3) is 0 Å². The van der Waals surface area contributed by atoms with Gasteiger partial charge in [-0.05, 0) is 25.8 Å². The van der Waals surface area contributed by atoms with Crippen molar-refractivity contribution in [2.75, 3.05) is 0 Å². The average molecular weight is 316 g/mol. The van der Waals surface area contributed by atoms with Crippen molar-refractivity contribution in [2.45, 2.75) is 56.2 Å².